The van der Waals surface area contributed by atoms with Crippen LogP contribution < -0.4 is 10.2 Å². The van der Waals surface area contributed by atoms with Gasteiger partial charge in [-0.3, -0.25) is 14.9 Å². The van der Waals surface area contributed by atoms with Crippen molar-refractivity contribution in [2.24, 2.45) is 0 Å². The zero-order valence-electron chi connectivity index (χ0n) is 16.6. The molecule has 160 valence electrons. The van der Waals surface area contributed by atoms with Gasteiger partial charge in [-0.2, -0.15) is 0 Å². The Morgan fingerprint density at radius 1 is 1.16 bits per heavy atom. The van der Waals surface area contributed by atoms with Crippen molar-refractivity contribution in [2.45, 2.75) is 6.92 Å². The molecule has 3 aromatic rings. The van der Waals surface area contributed by atoms with Crippen molar-refractivity contribution in [2.75, 3.05) is 4.90 Å². The molecule has 4 rings (SSSR count). The maximum atomic E-state index is 14.2. The van der Waals surface area contributed by atoms with Crippen LogP contribution in [0.15, 0.2) is 64.6 Å². The monoisotopic (exact) mass is 450 g/mol. The van der Waals surface area contributed by atoms with E-state index in [4.69, 9.17) is 16.6 Å². The van der Waals surface area contributed by atoms with Crippen LogP contribution in [0.3, 0.4) is 0 Å². The Hall–Kier alpha value is -4.11. The summed E-state index contributed by atoms with van der Waals surface area (Å²) in [6.45, 7) is 1.80. The van der Waals surface area contributed by atoms with Crippen LogP contribution >= 0.6 is 12.2 Å². The minimum atomic E-state index is -1.08. The molecule has 2 aromatic carbocycles. The van der Waals surface area contributed by atoms with Crippen LogP contribution in [-0.2, 0) is 9.59 Å². The number of carbonyl (C=O) groups is 3. The molecule has 2 heterocycles. The molecule has 1 aromatic heterocycles. The Labute approximate surface area is 186 Å². The van der Waals surface area contributed by atoms with Crippen molar-refractivity contribution in [3.63, 3.8) is 0 Å². The average Bonchev–Trinajstić information content (AvgIpc) is 3.21. The number of amides is 2. The number of furan rings is 1. The Morgan fingerprint density at radius 2 is 1.91 bits per heavy atom. The summed E-state index contributed by atoms with van der Waals surface area (Å²) < 4.78 is 20.0. The highest BCUT2D eigenvalue weighted by Gasteiger charge is 2.35. The molecule has 7 nitrogen and oxygen atoms in total. The minimum Gasteiger partial charge on any atom is -0.478 e. The normalized spacial score (nSPS) is 15.2. The standard InChI is InChI=1S/C23H15FN2O5S/c1-12-6-7-13(22(29)30)10-15(12)19-9-8-14(31-19)11-16-20(27)25-23(32)26(21(16)28)18-5-3-2-4-17(18)24/h2-11H,1H3,(H,29,30)(H,25,27,32)/b16-11+. The van der Waals surface area contributed by atoms with Gasteiger partial charge in [0.2, 0.25) is 0 Å². The lowest BCUT2D eigenvalue weighted by Gasteiger charge is -2.28. The van der Waals surface area contributed by atoms with Gasteiger partial charge in [0, 0.05) is 5.56 Å². The molecule has 1 fully saturated rings. The molecular weight excluding hydrogens is 435 g/mol. The Bertz CT molecular complexity index is 1330. The number of nitrogens with one attached hydrogen (secondary N) is 1. The van der Waals surface area contributed by atoms with E-state index in [1.54, 1.807) is 25.1 Å². The number of carbonyl (C=O) groups excluding carboxylic acids is 2. The second kappa shape index (κ2) is 8.20. The van der Waals surface area contributed by atoms with Crippen LogP contribution in [-0.4, -0.2) is 28.0 Å². The first-order valence-electron chi connectivity index (χ1n) is 9.36. The third-order valence-corrected chi connectivity index (χ3v) is 5.14. The Morgan fingerprint density at radius 3 is 2.62 bits per heavy atom. The molecule has 1 aliphatic rings. The van der Waals surface area contributed by atoms with E-state index in [0.717, 1.165) is 10.5 Å². The van der Waals surface area contributed by atoms with E-state index >= 15 is 0 Å². The summed E-state index contributed by atoms with van der Waals surface area (Å²) in [5.74, 6) is -2.75. The number of anilines is 1. The number of benzene rings is 2. The summed E-state index contributed by atoms with van der Waals surface area (Å²) in [4.78, 5) is 37.6. The van der Waals surface area contributed by atoms with Crippen LogP contribution in [0.1, 0.15) is 21.7 Å². The van der Waals surface area contributed by atoms with Gasteiger partial charge in [0.15, 0.2) is 5.11 Å². The number of hydrogen-bond donors (Lipinski definition) is 2. The first-order chi connectivity index (χ1) is 15.3. The van der Waals surface area contributed by atoms with E-state index in [1.807, 2.05) is 0 Å². The van der Waals surface area contributed by atoms with Crippen LogP contribution in [0.5, 0.6) is 0 Å². The highest BCUT2D eigenvalue weighted by atomic mass is 32.1. The summed E-state index contributed by atoms with van der Waals surface area (Å²) in [5.41, 5.74) is 1.06. The van der Waals surface area contributed by atoms with E-state index in [2.05, 4.69) is 5.32 Å². The number of rotatable bonds is 4. The highest BCUT2D eigenvalue weighted by molar-refractivity contribution is 7.80. The second-order valence-electron chi connectivity index (χ2n) is 6.95. The van der Waals surface area contributed by atoms with Crippen LogP contribution in [0, 0.1) is 12.7 Å². The molecule has 0 atom stereocenters. The highest BCUT2D eigenvalue weighted by Crippen LogP contribution is 2.29. The van der Waals surface area contributed by atoms with Crippen molar-refractivity contribution in [1.82, 2.24) is 5.32 Å². The van der Waals surface area contributed by atoms with Gasteiger partial charge in [-0.25, -0.2) is 14.1 Å². The van der Waals surface area contributed by atoms with Gasteiger partial charge in [-0.05, 0) is 67.2 Å². The van der Waals surface area contributed by atoms with Gasteiger partial charge in [-0.15, -0.1) is 0 Å². The number of para-hydroxylation sites is 1. The molecule has 0 bridgehead atoms. The van der Waals surface area contributed by atoms with Crippen molar-refractivity contribution >= 4 is 46.9 Å². The molecule has 1 aliphatic heterocycles. The number of hydrogen-bond acceptors (Lipinski definition) is 5. The fraction of sp³-hybridized carbons (Fsp3) is 0.0435. The van der Waals surface area contributed by atoms with Crippen LogP contribution in [0.25, 0.3) is 17.4 Å². The fourth-order valence-corrected chi connectivity index (χ4v) is 3.52. The molecule has 2 amide bonds. The van der Waals surface area contributed by atoms with E-state index in [-0.39, 0.29) is 27.7 Å². The van der Waals surface area contributed by atoms with Crippen molar-refractivity contribution < 1.29 is 28.3 Å². The third kappa shape index (κ3) is 3.81. The SMILES string of the molecule is Cc1ccc(C(=O)O)cc1-c1ccc(/C=C2\C(=O)NC(=S)N(c3ccccc3F)C2=O)o1. The first-order valence-corrected chi connectivity index (χ1v) is 9.77. The molecule has 0 unspecified atom stereocenters. The number of carboxylic acid groups (broad SMARTS) is 1. The zero-order valence-corrected chi connectivity index (χ0v) is 17.4. The van der Waals surface area contributed by atoms with Gasteiger partial charge < -0.3 is 9.52 Å². The predicted molar refractivity (Wildman–Crippen MR) is 118 cm³/mol. The van der Waals surface area contributed by atoms with E-state index in [9.17, 15) is 23.9 Å². The maximum absolute atomic E-state index is 14.2. The van der Waals surface area contributed by atoms with E-state index < -0.39 is 23.6 Å². The summed E-state index contributed by atoms with van der Waals surface area (Å²) in [6.07, 6.45) is 1.23. The lowest BCUT2D eigenvalue weighted by molar-refractivity contribution is -0.122. The van der Waals surface area contributed by atoms with Gasteiger partial charge in [0.05, 0.1) is 11.3 Å². The van der Waals surface area contributed by atoms with Crippen molar-refractivity contribution in [1.29, 1.82) is 0 Å². The minimum absolute atomic E-state index is 0.0883. The molecule has 0 saturated carbocycles. The third-order valence-electron chi connectivity index (χ3n) is 4.86. The number of thiocarbonyl (C=S) groups is 1. The smallest absolute Gasteiger partial charge is 0.335 e. The lowest BCUT2D eigenvalue weighted by Crippen LogP contribution is -2.54. The summed E-state index contributed by atoms with van der Waals surface area (Å²) >= 11 is 5.06. The topological polar surface area (TPSA) is 99.8 Å². The molecule has 2 N–H and O–H groups in total. The largest absolute Gasteiger partial charge is 0.478 e. The number of halogens is 1. The van der Waals surface area contributed by atoms with Gasteiger partial charge in [-0.1, -0.05) is 18.2 Å². The first kappa shape index (κ1) is 21.1. The molecule has 0 aliphatic carbocycles. The Balaban J connectivity index is 1.71. The van der Waals surface area contributed by atoms with E-state index in [0.29, 0.717) is 11.3 Å². The number of carboxylic acids is 1. The zero-order chi connectivity index (χ0) is 23.0. The van der Waals surface area contributed by atoms with Gasteiger partial charge >= 0.3 is 5.97 Å². The predicted octanol–water partition coefficient (Wildman–Crippen LogP) is 3.92. The van der Waals surface area contributed by atoms with Gasteiger partial charge in [0.1, 0.15) is 22.9 Å². The molecule has 1 saturated heterocycles. The van der Waals surface area contributed by atoms with Crippen molar-refractivity contribution in [3.05, 3.63) is 82.9 Å². The number of aromatic carboxylic acids is 1. The second-order valence-corrected chi connectivity index (χ2v) is 7.33. The summed E-state index contributed by atoms with van der Waals surface area (Å²) in [7, 11) is 0. The van der Waals surface area contributed by atoms with Crippen LogP contribution in [0.2, 0.25) is 0 Å². The van der Waals surface area contributed by atoms with Crippen LogP contribution in [0.4, 0.5) is 10.1 Å². The van der Waals surface area contributed by atoms with E-state index in [1.165, 1.54) is 42.5 Å². The van der Waals surface area contributed by atoms with Gasteiger partial charge in [0.25, 0.3) is 11.8 Å². The summed E-state index contributed by atoms with van der Waals surface area (Å²) in [5, 5.41) is 11.4. The molecule has 9 heteroatoms. The number of aryl methyl sites for hydroxylation is 1. The summed E-state index contributed by atoms with van der Waals surface area (Å²) in [6, 6.07) is 13.3. The molecular formula is C23H15FN2O5S. The Kier molecular flexibility index (Phi) is 5.41. The lowest BCUT2D eigenvalue weighted by atomic mass is 10.0. The molecule has 32 heavy (non-hydrogen) atoms. The average molecular weight is 450 g/mol. The molecule has 0 radical (unpaired) electrons. The maximum Gasteiger partial charge on any atom is 0.335 e. The molecule has 0 spiro atoms. The van der Waals surface area contributed by atoms with Crippen molar-refractivity contribution in [3.8, 4) is 11.3 Å². The quantitative estimate of drug-likeness (QED) is 0.355. The number of nitrogens with zero attached hydrogens (tertiary/aromatic N) is 1. The fourth-order valence-electron chi connectivity index (χ4n) is 3.25.